The number of aryl methyl sites for hydroxylation is 2. The second kappa shape index (κ2) is 4.90. The van der Waals surface area contributed by atoms with Crippen LogP contribution >= 0.6 is 0 Å². The molecular formula is C15H12N2O4. The molecule has 0 amide bonds. The van der Waals surface area contributed by atoms with Crippen molar-refractivity contribution in [2.24, 2.45) is 0 Å². The van der Waals surface area contributed by atoms with Gasteiger partial charge in [0.15, 0.2) is 17.3 Å². The lowest BCUT2D eigenvalue weighted by atomic mass is 10.2. The van der Waals surface area contributed by atoms with Crippen molar-refractivity contribution in [3.63, 3.8) is 0 Å². The molecule has 106 valence electrons. The maximum Gasteiger partial charge on any atom is 0.358 e. The fourth-order valence-electron chi connectivity index (χ4n) is 2.07. The molecule has 0 saturated heterocycles. The number of aromatic nitrogens is 2. The summed E-state index contributed by atoms with van der Waals surface area (Å²) in [6.45, 7) is 3.41. The number of benzene rings is 1. The fraction of sp³-hybridized carbons (Fsp3) is 0.133. The Morgan fingerprint density at radius 2 is 1.76 bits per heavy atom. The predicted molar refractivity (Wildman–Crippen MR) is 73.9 cm³/mol. The molecule has 0 saturated carbocycles. The van der Waals surface area contributed by atoms with Crippen molar-refractivity contribution < 1.29 is 18.7 Å². The van der Waals surface area contributed by atoms with E-state index < -0.39 is 5.97 Å². The summed E-state index contributed by atoms with van der Waals surface area (Å²) in [4.78, 5) is 19.5. The molecule has 6 nitrogen and oxygen atoms in total. The molecule has 0 aliphatic heterocycles. The van der Waals surface area contributed by atoms with E-state index in [1.165, 1.54) is 0 Å². The molecule has 0 spiro atoms. The van der Waals surface area contributed by atoms with Gasteiger partial charge in [-0.15, -0.1) is 0 Å². The van der Waals surface area contributed by atoms with Crippen molar-refractivity contribution in [1.29, 1.82) is 0 Å². The fourth-order valence-corrected chi connectivity index (χ4v) is 2.07. The van der Waals surface area contributed by atoms with Gasteiger partial charge in [0, 0.05) is 12.5 Å². The largest absolute Gasteiger partial charge is 0.476 e. The van der Waals surface area contributed by atoms with Crippen molar-refractivity contribution in [3.8, 4) is 23.0 Å². The van der Waals surface area contributed by atoms with Crippen LogP contribution in [0.5, 0.6) is 0 Å². The van der Waals surface area contributed by atoms with E-state index in [1.807, 2.05) is 18.2 Å². The first-order valence-electron chi connectivity index (χ1n) is 6.30. The van der Waals surface area contributed by atoms with Crippen LogP contribution in [0.1, 0.15) is 22.1 Å². The van der Waals surface area contributed by atoms with Crippen LogP contribution < -0.4 is 0 Å². The third kappa shape index (κ3) is 2.31. The summed E-state index contributed by atoms with van der Waals surface area (Å²) in [7, 11) is 0. The molecule has 0 radical (unpaired) electrons. The van der Waals surface area contributed by atoms with Crippen LogP contribution in [0, 0.1) is 13.8 Å². The summed E-state index contributed by atoms with van der Waals surface area (Å²) in [5.41, 5.74) is 1.07. The van der Waals surface area contributed by atoms with Gasteiger partial charge in [-0.2, -0.15) is 0 Å². The highest BCUT2D eigenvalue weighted by Gasteiger charge is 2.26. The van der Waals surface area contributed by atoms with Crippen molar-refractivity contribution in [3.05, 3.63) is 47.6 Å². The van der Waals surface area contributed by atoms with Crippen molar-refractivity contribution in [1.82, 2.24) is 9.97 Å². The zero-order valence-corrected chi connectivity index (χ0v) is 11.5. The molecule has 0 unspecified atom stereocenters. The van der Waals surface area contributed by atoms with Gasteiger partial charge in [0.25, 0.3) is 0 Å². The van der Waals surface area contributed by atoms with Gasteiger partial charge in [0.1, 0.15) is 0 Å². The molecule has 0 atom stereocenters. The Hall–Kier alpha value is -2.89. The number of rotatable bonds is 3. The minimum Gasteiger partial charge on any atom is -0.476 e. The van der Waals surface area contributed by atoms with Gasteiger partial charge in [0.2, 0.25) is 11.7 Å². The highest BCUT2D eigenvalue weighted by molar-refractivity contribution is 5.92. The number of aromatic carboxylic acids is 1. The first kappa shape index (κ1) is 13.1. The van der Waals surface area contributed by atoms with E-state index in [-0.39, 0.29) is 17.3 Å². The first-order valence-corrected chi connectivity index (χ1v) is 6.30. The third-order valence-electron chi connectivity index (χ3n) is 2.96. The van der Waals surface area contributed by atoms with Crippen LogP contribution in [0.4, 0.5) is 0 Å². The zero-order valence-electron chi connectivity index (χ0n) is 11.5. The molecule has 3 aromatic rings. The Bertz CT molecular complexity index is 802. The van der Waals surface area contributed by atoms with Crippen LogP contribution in [0.15, 0.2) is 39.2 Å². The summed E-state index contributed by atoms with van der Waals surface area (Å²) in [6.07, 6.45) is 0. The first-order chi connectivity index (χ1) is 10.1. The van der Waals surface area contributed by atoms with Gasteiger partial charge in [-0.1, -0.05) is 18.2 Å². The number of carboxylic acid groups (broad SMARTS) is 1. The number of nitrogens with zero attached hydrogens (tertiary/aromatic N) is 2. The number of carboxylic acids is 1. The molecule has 6 heteroatoms. The Kier molecular flexibility index (Phi) is 3.06. The van der Waals surface area contributed by atoms with E-state index in [1.54, 1.807) is 26.0 Å². The molecule has 2 heterocycles. The van der Waals surface area contributed by atoms with E-state index in [0.717, 1.165) is 0 Å². The zero-order chi connectivity index (χ0) is 15.0. The Balaban J connectivity index is 2.18. The van der Waals surface area contributed by atoms with E-state index >= 15 is 0 Å². The maximum absolute atomic E-state index is 11.4. The smallest absolute Gasteiger partial charge is 0.358 e. The molecule has 2 aromatic heterocycles. The summed E-state index contributed by atoms with van der Waals surface area (Å²) >= 11 is 0. The monoisotopic (exact) mass is 284 g/mol. The van der Waals surface area contributed by atoms with Gasteiger partial charge in [-0.05, 0) is 19.1 Å². The minimum atomic E-state index is -1.18. The van der Waals surface area contributed by atoms with Gasteiger partial charge < -0.3 is 13.9 Å². The second-order valence-corrected chi connectivity index (χ2v) is 4.52. The Morgan fingerprint density at radius 1 is 1.05 bits per heavy atom. The van der Waals surface area contributed by atoms with Crippen LogP contribution in [-0.4, -0.2) is 21.0 Å². The molecule has 21 heavy (non-hydrogen) atoms. The van der Waals surface area contributed by atoms with E-state index in [9.17, 15) is 9.90 Å². The quantitative estimate of drug-likeness (QED) is 0.793. The standard InChI is InChI=1S/C15H12N2O4/c1-8-12(20-9(2)16-8)13-11(15(18)19)17-14(21-13)10-6-4-3-5-7-10/h3-7H,1-2H3,(H,18,19). The lowest BCUT2D eigenvalue weighted by molar-refractivity contribution is 0.0691. The van der Waals surface area contributed by atoms with E-state index in [0.29, 0.717) is 22.9 Å². The van der Waals surface area contributed by atoms with E-state index in [2.05, 4.69) is 9.97 Å². The molecule has 1 N–H and O–H groups in total. The van der Waals surface area contributed by atoms with Gasteiger partial charge >= 0.3 is 5.97 Å². The molecule has 0 aliphatic carbocycles. The summed E-state index contributed by atoms with van der Waals surface area (Å²) < 4.78 is 11.0. The lowest BCUT2D eigenvalue weighted by Gasteiger charge is -1.94. The van der Waals surface area contributed by atoms with Crippen LogP contribution in [0.3, 0.4) is 0 Å². The highest BCUT2D eigenvalue weighted by atomic mass is 16.4. The molecule has 3 rings (SSSR count). The topological polar surface area (TPSA) is 89.4 Å². The van der Waals surface area contributed by atoms with Crippen molar-refractivity contribution >= 4 is 5.97 Å². The highest BCUT2D eigenvalue weighted by Crippen LogP contribution is 2.32. The predicted octanol–water partition coefficient (Wildman–Crippen LogP) is 3.31. The van der Waals surface area contributed by atoms with E-state index in [4.69, 9.17) is 8.83 Å². The molecule has 0 aliphatic rings. The van der Waals surface area contributed by atoms with Crippen LogP contribution in [-0.2, 0) is 0 Å². The average molecular weight is 284 g/mol. The third-order valence-corrected chi connectivity index (χ3v) is 2.96. The number of carbonyl (C=O) groups is 1. The van der Waals surface area contributed by atoms with Gasteiger partial charge in [-0.25, -0.2) is 14.8 Å². The Labute approximate surface area is 120 Å². The molecule has 0 fully saturated rings. The average Bonchev–Trinajstić information content (AvgIpc) is 3.03. The number of oxazole rings is 2. The normalized spacial score (nSPS) is 10.8. The second-order valence-electron chi connectivity index (χ2n) is 4.52. The number of hydrogen-bond acceptors (Lipinski definition) is 5. The molecule has 0 bridgehead atoms. The van der Waals surface area contributed by atoms with Gasteiger partial charge in [0.05, 0.1) is 5.69 Å². The maximum atomic E-state index is 11.4. The minimum absolute atomic E-state index is 0.0828. The Morgan fingerprint density at radius 3 is 2.33 bits per heavy atom. The summed E-state index contributed by atoms with van der Waals surface area (Å²) in [5, 5.41) is 9.30. The summed E-state index contributed by atoms with van der Waals surface area (Å²) in [6, 6.07) is 9.09. The molecular weight excluding hydrogens is 272 g/mol. The van der Waals surface area contributed by atoms with Crippen LogP contribution in [0.2, 0.25) is 0 Å². The molecule has 1 aromatic carbocycles. The lowest BCUT2D eigenvalue weighted by Crippen LogP contribution is -1.99. The van der Waals surface area contributed by atoms with Crippen molar-refractivity contribution in [2.45, 2.75) is 13.8 Å². The van der Waals surface area contributed by atoms with Crippen LogP contribution in [0.25, 0.3) is 23.0 Å². The van der Waals surface area contributed by atoms with Crippen molar-refractivity contribution in [2.75, 3.05) is 0 Å². The van der Waals surface area contributed by atoms with Gasteiger partial charge in [-0.3, -0.25) is 0 Å². The SMILES string of the molecule is Cc1nc(C)c(-c2oc(-c3ccccc3)nc2C(=O)O)o1. The number of hydrogen-bond donors (Lipinski definition) is 1. The summed E-state index contributed by atoms with van der Waals surface area (Å²) in [5.74, 6) is -0.128.